The van der Waals surface area contributed by atoms with Crippen LogP contribution >= 0.6 is 0 Å². The molecule has 0 aliphatic rings. The van der Waals surface area contributed by atoms with E-state index in [2.05, 4.69) is 20.4 Å². The Hall–Kier alpha value is -4.99. The van der Waals surface area contributed by atoms with Crippen LogP contribution in [0.15, 0.2) is 73.2 Å². The van der Waals surface area contributed by atoms with Gasteiger partial charge in [-0.2, -0.15) is 5.10 Å². The van der Waals surface area contributed by atoms with Crippen molar-refractivity contribution < 1.29 is 0 Å². The van der Waals surface area contributed by atoms with E-state index in [0.29, 0.717) is 28.5 Å². The molecule has 0 radical (unpaired) electrons. The highest BCUT2D eigenvalue weighted by atomic mass is 15.5. The van der Waals surface area contributed by atoms with Crippen molar-refractivity contribution in [3.63, 3.8) is 0 Å². The van der Waals surface area contributed by atoms with Crippen molar-refractivity contribution in [2.75, 3.05) is 5.73 Å². The summed E-state index contributed by atoms with van der Waals surface area (Å²) in [5, 5.41) is 14.4. The third kappa shape index (κ3) is 4.05. The zero-order chi connectivity index (χ0) is 26.4. The second kappa shape index (κ2) is 8.84. The Morgan fingerprint density at radius 1 is 0.868 bits per heavy atom. The molecule has 10 heteroatoms. The van der Waals surface area contributed by atoms with Crippen LogP contribution in [0.25, 0.3) is 44.9 Å². The van der Waals surface area contributed by atoms with Crippen molar-refractivity contribution in [3.8, 4) is 34.0 Å². The van der Waals surface area contributed by atoms with E-state index < -0.39 is 5.54 Å². The number of aromatic nitrogens is 9. The van der Waals surface area contributed by atoms with Gasteiger partial charge in [-0.1, -0.05) is 23.4 Å². The maximum atomic E-state index is 6.48. The van der Waals surface area contributed by atoms with E-state index in [-0.39, 0.29) is 5.82 Å². The minimum Gasteiger partial charge on any atom is -0.382 e. The summed E-state index contributed by atoms with van der Waals surface area (Å²) in [5.74, 6) is 0.246. The molecular weight excluding hydrogens is 476 g/mol. The van der Waals surface area contributed by atoms with Gasteiger partial charge in [0.1, 0.15) is 28.3 Å². The zero-order valence-electron chi connectivity index (χ0n) is 21.5. The number of fused-ring (bicyclic) bond motifs is 1. The minimum absolute atomic E-state index is 0.246. The second-order valence-electron chi connectivity index (χ2n) is 9.71. The summed E-state index contributed by atoms with van der Waals surface area (Å²) in [6, 6.07) is 17.8. The smallest absolute Gasteiger partial charge is 0.152 e. The van der Waals surface area contributed by atoms with Crippen molar-refractivity contribution in [3.05, 3.63) is 84.6 Å². The van der Waals surface area contributed by atoms with Crippen molar-refractivity contribution in [1.29, 1.82) is 0 Å². The maximum absolute atomic E-state index is 6.48. The normalized spacial score (nSPS) is 11.8. The Balaban J connectivity index is 1.50. The van der Waals surface area contributed by atoms with Gasteiger partial charge in [-0.25, -0.2) is 14.6 Å². The molecule has 6 rings (SSSR count). The summed E-state index contributed by atoms with van der Waals surface area (Å²) in [6.07, 6.45) is 5.47. The molecule has 5 heterocycles. The van der Waals surface area contributed by atoms with Crippen molar-refractivity contribution in [2.45, 2.75) is 26.3 Å². The molecular formula is C28H26N10. The molecule has 38 heavy (non-hydrogen) atoms. The first-order valence-electron chi connectivity index (χ1n) is 12.2. The predicted molar refractivity (Wildman–Crippen MR) is 146 cm³/mol. The molecule has 188 valence electrons. The van der Waals surface area contributed by atoms with E-state index in [4.69, 9.17) is 20.7 Å². The van der Waals surface area contributed by atoms with Crippen LogP contribution in [0.5, 0.6) is 0 Å². The lowest BCUT2D eigenvalue weighted by atomic mass is 10.00. The summed E-state index contributed by atoms with van der Waals surface area (Å²) in [5.41, 5.74) is 12.4. The highest BCUT2D eigenvalue weighted by Gasteiger charge is 2.28. The molecule has 0 spiro atoms. The van der Waals surface area contributed by atoms with Gasteiger partial charge in [0.05, 0.1) is 23.1 Å². The third-order valence-electron chi connectivity index (χ3n) is 6.58. The van der Waals surface area contributed by atoms with Crippen LogP contribution in [-0.2, 0) is 12.6 Å². The Bertz CT molecular complexity index is 1800. The topological polar surface area (TPSA) is 126 Å². The van der Waals surface area contributed by atoms with Crippen LogP contribution in [0.1, 0.15) is 25.2 Å². The molecule has 10 nitrogen and oxygen atoms in total. The molecule has 6 aromatic rings. The molecule has 0 fully saturated rings. The largest absolute Gasteiger partial charge is 0.382 e. The van der Waals surface area contributed by atoms with E-state index >= 15 is 0 Å². The summed E-state index contributed by atoms with van der Waals surface area (Å²) < 4.78 is 3.50. The van der Waals surface area contributed by atoms with Gasteiger partial charge in [0.15, 0.2) is 5.82 Å². The van der Waals surface area contributed by atoms with E-state index in [9.17, 15) is 0 Å². The highest BCUT2D eigenvalue weighted by molar-refractivity contribution is 5.88. The molecule has 0 aliphatic carbocycles. The number of nitrogens with zero attached hydrogens (tertiary/aromatic N) is 9. The Morgan fingerprint density at radius 3 is 2.53 bits per heavy atom. The fraction of sp³-hybridized carbons (Fsp3) is 0.179. The molecule has 1 aromatic carbocycles. The van der Waals surface area contributed by atoms with Gasteiger partial charge in [-0.3, -0.25) is 14.6 Å². The van der Waals surface area contributed by atoms with Gasteiger partial charge in [0.25, 0.3) is 0 Å². The Morgan fingerprint density at radius 2 is 1.74 bits per heavy atom. The van der Waals surface area contributed by atoms with Gasteiger partial charge in [-0.15, -0.1) is 5.10 Å². The minimum atomic E-state index is -0.540. The average molecular weight is 503 g/mol. The lowest BCUT2D eigenvalue weighted by molar-refractivity contribution is 0.370. The van der Waals surface area contributed by atoms with Gasteiger partial charge < -0.3 is 5.73 Å². The first-order valence-corrected chi connectivity index (χ1v) is 12.2. The number of pyridine rings is 2. The summed E-state index contributed by atoms with van der Waals surface area (Å²) >= 11 is 0. The first-order chi connectivity index (χ1) is 18.3. The van der Waals surface area contributed by atoms with Crippen LogP contribution < -0.4 is 5.73 Å². The maximum Gasteiger partial charge on any atom is 0.152 e. The molecule has 0 bridgehead atoms. The van der Waals surface area contributed by atoms with Gasteiger partial charge >= 0.3 is 0 Å². The number of benzene rings is 1. The van der Waals surface area contributed by atoms with Crippen molar-refractivity contribution >= 4 is 16.7 Å². The third-order valence-corrected chi connectivity index (χ3v) is 6.58. The lowest BCUT2D eigenvalue weighted by Crippen LogP contribution is -2.29. The molecule has 0 atom stereocenters. The van der Waals surface area contributed by atoms with Crippen molar-refractivity contribution in [1.82, 2.24) is 44.7 Å². The molecule has 5 aromatic heterocycles. The van der Waals surface area contributed by atoms with Gasteiger partial charge in [0, 0.05) is 36.1 Å². The number of anilines is 1. The van der Waals surface area contributed by atoms with Crippen LogP contribution in [0.4, 0.5) is 5.82 Å². The average Bonchev–Trinajstić information content (AvgIpc) is 3.58. The van der Waals surface area contributed by atoms with Crippen molar-refractivity contribution in [2.24, 2.45) is 7.05 Å². The predicted octanol–water partition coefficient (Wildman–Crippen LogP) is 4.42. The number of aryl methyl sites for hydroxylation is 2. The van der Waals surface area contributed by atoms with E-state index in [1.165, 1.54) is 0 Å². The number of nitrogen functional groups attached to an aromatic ring is 1. The molecule has 0 amide bonds. The fourth-order valence-corrected chi connectivity index (χ4v) is 4.43. The molecule has 2 N–H and O–H groups in total. The van der Waals surface area contributed by atoms with Gasteiger partial charge in [-0.05, 0) is 57.2 Å². The summed E-state index contributed by atoms with van der Waals surface area (Å²) in [7, 11) is 1.86. The zero-order valence-corrected chi connectivity index (χ0v) is 21.5. The van der Waals surface area contributed by atoms with Crippen LogP contribution in [0, 0.1) is 6.92 Å². The molecule has 0 aliphatic heterocycles. The number of nitrogens with two attached hydrogens (primary N) is 1. The molecule has 0 saturated carbocycles. The van der Waals surface area contributed by atoms with Gasteiger partial charge in [0.2, 0.25) is 0 Å². The quantitative estimate of drug-likeness (QED) is 0.367. The summed E-state index contributed by atoms with van der Waals surface area (Å²) in [4.78, 5) is 18.9. The summed E-state index contributed by atoms with van der Waals surface area (Å²) in [6.45, 7) is 6.05. The Kier molecular flexibility index (Phi) is 5.45. The molecule has 0 saturated heterocycles. The van der Waals surface area contributed by atoms with Crippen LogP contribution in [0.2, 0.25) is 0 Å². The number of rotatable bonds is 5. The SMILES string of the molecule is Cc1cccc(C(C)(C)n2cc(-c3nc(-c4ccc5ncccc5c4)c(-c4ccn(C)n4)nc3N)nn2)n1. The standard InChI is InChI=1S/C28H26N10/c1-17-7-5-9-23(31-17)28(2,3)38-16-22(34-36-38)26-27(29)33-25(21-12-14-37(4)35-21)24(32-26)19-10-11-20-18(15-19)8-6-13-30-20/h5-16H,1-4H3,(H2,29,33). The second-order valence-corrected chi connectivity index (χ2v) is 9.71. The number of hydrogen-bond donors (Lipinski definition) is 1. The van der Waals surface area contributed by atoms with E-state index in [0.717, 1.165) is 27.9 Å². The van der Waals surface area contributed by atoms with E-state index in [1.54, 1.807) is 15.6 Å². The lowest BCUT2D eigenvalue weighted by Gasteiger charge is -2.24. The monoisotopic (exact) mass is 502 g/mol. The Labute approximate surface area is 219 Å². The van der Waals surface area contributed by atoms with Crippen LogP contribution in [0.3, 0.4) is 0 Å². The van der Waals surface area contributed by atoms with E-state index in [1.807, 2.05) is 94.8 Å². The number of hydrogen-bond acceptors (Lipinski definition) is 8. The van der Waals surface area contributed by atoms with Crippen LogP contribution in [-0.4, -0.2) is 44.7 Å². The molecule has 0 unspecified atom stereocenters. The highest BCUT2D eigenvalue weighted by Crippen LogP contribution is 2.34. The first kappa shape index (κ1) is 23.4. The fourth-order valence-electron chi connectivity index (χ4n) is 4.43.